The first-order valence-electron chi connectivity index (χ1n) is 3.41. The van der Waals surface area contributed by atoms with Gasteiger partial charge in [-0.1, -0.05) is 6.92 Å². The average Bonchev–Trinajstić information content (AvgIpc) is 2.03. The molecule has 0 rings (SSSR count). The number of rotatable bonds is 5. The highest BCUT2D eigenvalue weighted by Gasteiger charge is 2.17. The molecule has 0 saturated carbocycles. The zero-order valence-electron chi connectivity index (χ0n) is 6.70. The number of esters is 1. The van der Waals surface area contributed by atoms with Gasteiger partial charge in [-0.15, -0.1) is 0 Å². The zero-order chi connectivity index (χ0) is 8.69. The largest absolute Gasteiger partial charge is 0.463 e. The van der Waals surface area contributed by atoms with Gasteiger partial charge in [-0.05, 0) is 6.42 Å². The first-order valence-corrected chi connectivity index (χ1v) is 3.41. The maximum Gasteiger partial charge on any atom is 0.342 e. The highest BCUT2D eigenvalue weighted by molar-refractivity contribution is 5.90. The van der Waals surface area contributed by atoms with Crippen LogP contribution in [0.4, 0.5) is 0 Å². The number of hydrogen-bond donors (Lipinski definition) is 0. The van der Waals surface area contributed by atoms with Crippen molar-refractivity contribution in [1.29, 1.82) is 0 Å². The summed E-state index contributed by atoms with van der Waals surface area (Å²) in [5.74, 6) is -0.621. The van der Waals surface area contributed by atoms with Gasteiger partial charge >= 0.3 is 5.97 Å². The fourth-order valence-electron chi connectivity index (χ4n) is 0.492. The van der Waals surface area contributed by atoms with Gasteiger partial charge in [0.05, 0.1) is 6.61 Å². The van der Waals surface area contributed by atoms with E-state index >= 15 is 0 Å². The zero-order valence-corrected chi connectivity index (χ0v) is 6.70. The van der Waals surface area contributed by atoms with Gasteiger partial charge in [0.2, 0.25) is 6.10 Å². The number of carbonyl (C=O) groups is 2. The van der Waals surface area contributed by atoms with Crippen LogP contribution in [0, 0.1) is 0 Å². The van der Waals surface area contributed by atoms with E-state index in [1.807, 2.05) is 6.92 Å². The summed E-state index contributed by atoms with van der Waals surface area (Å²) in [4.78, 5) is 20.9. The maximum atomic E-state index is 10.8. The van der Waals surface area contributed by atoms with E-state index in [4.69, 9.17) is 0 Å². The van der Waals surface area contributed by atoms with Gasteiger partial charge in [-0.2, -0.15) is 0 Å². The van der Waals surface area contributed by atoms with Crippen LogP contribution < -0.4 is 0 Å². The molecule has 0 saturated heterocycles. The Bertz CT molecular complexity index is 132. The Balaban J connectivity index is 3.69. The quantitative estimate of drug-likeness (QED) is 0.326. The molecule has 11 heavy (non-hydrogen) atoms. The second-order valence-electron chi connectivity index (χ2n) is 1.96. The summed E-state index contributed by atoms with van der Waals surface area (Å²) in [6.07, 6.45) is 0.0838. The van der Waals surface area contributed by atoms with Crippen LogP contribution in [0.3, 0.4) is 0 Å². The summed E-state index contributed by atoms with van der Waals surface area (Å²) in [5, 5.41) is 0. The number of hydrogen-bond acceptors (Lipinski definition) is 4. The van der Waals surface area contributed by atoms with Gasteiger partial charge in [0.1, 0.15) is 0 Å². The van der Waals surface area contributed by atoms with Crippen molar-refractivity contribution in [2.24, 2.45) is 0 Å². The topological polar surface area (TPSA) is 52.6 Å². The van der Waals surface area contributed by atoms with Crippen molar-refractivity contribution in [3.05, 3.63) is 0 Å². The minimum Gasteiger partial charge on any atom is -0.463 e. The van der Waals surface area contributed by atoms with Gasteiger partial charge in [0.15, 0.2) is 6.29 Å². The molecule has 1 unspecified atom stereocenters. The maximum absolute atomic E-state index is 10.8. The molecule has 0 aliphatic heterocycles. The number of methoxy groups -OCH3 is 1. The fourth-order valence-corrected chi connectivity index (χ4v) is 0.492. The molecule has 4 nitrogen and oxygen atoms in total. The molecule has 4 heteroatoms. The Morgan fingerprint density at radius 3 is 2.64 bits per heavy atom. The summed E-state index contributed by atoms with van der Waals surface area (Å²) >= 11 is 0. The van der Waals surface area contributed by atoms with E-state index in [1.54, 1.807) is 0 Å². The minimum absolute atomic E-state index is 0.326. The predicted octanol–water partition coefficient (Wildman–Crippen LogP) is 0.153. The van der Waals surface area contributed by atoms with E-state index in [2.05, 4.69) is 9.47 Å². The van der Waals surface area contributed by atoms with E-state index in [0.717, 1.165) is 6.42 Å². The average molecular weight is 160 g/mol. The number of ether oxygens (including phenoxy) is 2. The van der Waals surface area contributed by atoms with Gasteiger partial charge in [0.25, 0.3) is 0 Å². The smallest absolute Gasteiger partial charge is 0.342 e. The third kappa shape index (κ3) is 3.72. The lowest BCUT2D eigenvalue weighted by molar-refractivity contribution is -0.156. The molecule has 0 aromatic heterocycles. The van der Waals surface area contributed by atoms with E-state index in [0.29, 0.717) is 12.9 Å². The fraction of sp³-hybridized carbons (Fsp3) is 0.714. The van der Waals surface area contributed by atoms with Crippen molar-refractivity contribution in [3.63, 3.8) is 0 Å². The summed E-state index contributed by atoms with van der Waals surface area (Å²) in [7, 11) is 1.28. The molecular formula is C7H12O4. The van der Waals surface area contributed by atoms with Gasteiger partial charge in [0, 0.05) is 7.11 Å². The van der Waals surface area contributed by atoms with Crippen LogP contribution in [-0.4, -0.2) is 32.1 Å². The SMILES string of the molecule is CCCOC(=O)C(C=O)OC. The number of aldehydes is 1. The minimum atomic E-state index is -1.07. The molecule has 1 atom stereocenters. The lowest BCUT2D eigenvalue weighted by Gasteiger charge is -2.06. The normalized spacial score (nSPS) is 12.2. The first kappa shape index (κ1) is 10.1. The van der Waals surface area contributed by atoms with Gasteiger partial charge in [-0.25, -0.2) is 4.79 Å². The van der Waals surface area contributed by atoms with E-state index < -0.39 is 12.1 Å². The van der Waals surface area contributed by atoms with Crippen molar-refractivity contribution < 1.29 is 19.1 Å². The van der Waals surface area contributed by atoms with Crippen LogP contribution in [0.1, 0.15) is 13.3 Å². The molecule has 0 heterocycles. The summed E-state index contributed by atoms with van der Waals surface area (Å²) < 4.78 is 9.16. The summed E-state index contributed by atoms with van der Waals surface area (Å²) in [6, 6.07) is 0. The van der Waals surface area contributed by atoms with Crippen LogP contribution in [0.2, 0.25) is 0 Å². The molecule has 0 spiro atoms. The third-order valence-corrected chi connectivity index (χ3v) is 1.06. The Morgan fingerprint density at radius 2 is 2.27 bits per heavy atom. The van der Waals surface area contributed by atoms with E-state index in [1.165, 1.54) is 7.11 Å². The molecule has 0 aromatic rings. The predicted molar refractivity (Wildman–Crippen MR) is 38.1 cm³/mol. The molecule has 0 aliphatic carbocycles. The summed E-state index contributed by atoms with van der Waals surface area (Å²) in [5.41, 5.74) is 0. The lowest BCUT2D eigenvalue weighted by atomic mass is 10.4. The van der Waals surface area contributed by atoms with Crippen LogP contribution in [0.5, 0.6) is 0 Å². The van der Waals surface area contributed by atoms with Crippen LogP contribution in [0.15, 0.2) is 0 Å². The Labute approximate surface area is 65.5 Å². The van der Waals surface area contributed by atoms with Crippen molar-refractivity contribution >= 4 is 12.3 Å². The summed E-state index contributed by atoms with van der Waals surface area (Å²) in [6.45, 7) is 2.20. The Hall–Kier alpha value is -0.900. The van der Waals surface area contributed by atoms with Crippen molar-refractivity contribution in [1.82, 2.24) is 0 Å². The second-order valence-corrected chi connectivity index (χ2v) is 1.96. The Kier molecular flexibility index (Phi) is 5.37. The van der Waals surface area contributed by atoms with Gasteiger partial charge < -0.3 is 9.47 Å². The van der Waals surface area contributed by atoms with Crippen molar-refractivity contribution in [3.8, 4) is 0 Å². The molecule has 0 fully saturated rings. The molecule has 0 aliphatic rings. The highest BCUT2D eigenvalue weighted by atomic mass is 16.6. The number of carbonyl (C=O) groups excluding carboxylic acids is 2. The molecule has 0 N–H and O–H groups in total. The Morgan fingerprint density at radius 1 is 1.64 bits per heavy atom. The van der Waals surface area contributed by atoms with Crippen LogP contribution in [-0.2, 0) is 19.1 Å². The highest BCUT2D eigenvalue weighted by Crippen LogP contribution is 1.91. The van der Waals surface area contributed by atoms with Crippen molar-refractivity contribution in [2.45, 2.75) is 19.4 Å². The standard InChI is InChI=1S/C7H12O4/c1-3-4-11-7(9)6(5-8)10-2/h5-6H,3-4H2,1-2H3. The molecule has 0 amide bonds. The molecule has 0 radical (unpaired) electrons. The molecule has 0 aromatic carbocycles. The van der Waals surface area contributed by atoms with E-state index in [-0.39, 0.29) is 0 Å². The van der Waals surface area contributed by atoms with Crippen LogP contribution >= 0.6 is 0 Å². The first-order chi connectivity index (χ1) is 5.26. The van der Waals surface area contributed by atoms with Crippen molar-refractivity contribution in [2.75, 3.05) is 13.7 Å². The second kappa shape index (κ2) is 5.85. The molecular weight excluding hydrogens is 148 g/mol. The third-order valence-electron chi connectivity index (χ3n) is 1.06. The monoisotopic (exact) mass is 160 g/mol. The lowest BCUT2D eigenvalue weighted by Crippen LogP contribution is -2.26. The molecule has 0 bridgehead atoms. The molecule has 64 valence electrons. The van der Waals surface area contributed by atoms with Crippen LogP contribution in [0.25, 0.3) is 0 Å². The van der Waals surface area contributed by atoms with Gasteiger partial charge in [-0.3, -0.25) is 4.79 Å². The van der Waals surface area contributed by atoms with E-state index in [9.17, 15) is 9.59 Å².